The van der Waals surface area contributed by atoms with Gasteiger partial charge in [0.2, 0.25) is 10.0 Å². The standard InChI is InChI=1S/C17H23ClN2O5S/c1-12(16(21)20-9-5-3-4-6-10-20)25-17(22)14-11-13(7-8-15(14)18)26(23,24)19-2/h7-8,11-12,19H,3-6,9-10H2,1-2H3/t12-/m1/s1. The molecule has 1 N–H and O–H groups in total. The zero-order valence-electron chi connectivity index (χ0n) is 14.8. The van der Waals surface area contributed by atoms with Crippen LogP contribution in [0.5, 0.6) is 0 Å². The maximum atomic E-state index is 12.5. The number of likely N-dealkylation sites (tertiary alicyclic amines) is 1. The first-order valence-electron chi connectivity index (χ1n) is 8.49. The smallest absolute Gasteiger partial charge is 0.340 e. The van der Waals surface area contributed by atoms with Crippen LogP contribution in [0.1, 0.15) is 43.0 Å². The molecule has 0 spiro atoms. The number of rotatable bonds is 5. The second kappa shape index (κ2) is 8.83. The van der Waals surface area contributed by atoms with Crippen LogP contribution in [0.25, 0.3) is 0 Å². The Balaban J connectivity index is 2.13. The van der Waals surface area contributed by atoms with Gasteiger partial charge in [-0.25, -0.2) is 17.9 Å². The van der Waals surface area contributed by atoms with Gasteiger partial charge in [0.15, 0.2) is 6.10 Å². The molecule has 1 aromatic carbocycles. The van der Waals surface area contributed by atoms with Crippen molar-refractivity contribution in [1.82, 2.24) is 9.62 Å². The van der Waals surface area contributed by atoms with Crippen LogP contribution >= 0.6 is 11.6 Å². The monoisotopic (exact) mass is 402 g/mol. The van der Waals surface area contributed by atoms with E-state index in [4.69, 9.17) is 16.3 Å². The molecule has 1 aromatic rings. The predicted octanol–water partition coefficient (Wildman–Crippen LogP) is 2.20. The second-order valence-electron chi connectivity index (χ2n) is 6.14. The van der Waals surface area contributed by atoms with Gasteiger partial charge in [0, 0.05) is 13.1 Å². The van der Waals surface area contributed by atoms with Crippen LogP contribution in [-0.2, 0) is 19.6 Å². The number of hydrogen-bond donors (Lipinski definition) is 1. The molecule has 9 heteroatoms. The van der Waals surface area contributed by atoms with Gasteiger partial charge in [-0.2, -0.15) is 0 Å². The van der Waals surface area contributed by atoms with E-state index in [1.54, 1.807) is 4.90 Å². The molecule has 144 valence electrons. The van der Waals surface area contributed by atoms with Crippen LogP contribution in [-0.4, -0.2) is 51.4 Å². The molecule has 0 bridgehead atoms. The van der Waals surface area contributed by atoms with Gasteiger partial charge >= 0.3 is 5.97 Å². The number of carbonyl (C=O) groups is 2. The number of benzene rings is 1. The second-order valence-corrected chi connectivity index (χ2v) is 8.43. The fraction of sp³-hybridized carbons (Fsp3) is 0.529. The summed E-state index contributed by atoms with van der Waals surface area (Å²) >= 11 is 6.01. The number of carbonyl (C=O) groups excluding carboxylic acids is 2. The van der Waals surface area contributed by atoms with E-state index in [1.165, 1.54) is 26.1 Å². The number of amides is 1. The Hall–Kier alpha value is -1.64. The molecule has 0 unspecified atom stereocenters. The molecule has 0 aliphatic carbocycles. The van der Waals surface area contributed by atoms with E-state index in [0.717, 1.165) is 31.7 Å². The van der Waals surface area contributed by atoms with Gasteiger partial charge in [-0.15, -0.1) is 0 Å². The molecule has 2 rings (SSSR count). The molecule has 1 aliphatic rings. The van der Waals surface area contributed by atoms with Gasteiger partial charge < -0.3 is 9.64 Å². The average Bonchev–Trinajstić information content (AvgIpc) is 2.90. The fourth-order valence-electron chi connectivity index (χ4n) is 2.77. The first-order valence-corrected chi connectivity index (χ1v) is 10.3. The highest BCUT2D eigenvalue weighted by molar-refractivity contribution is 7.89. The molecule has 1 fully saturated rings. The number of nitrogens with one attached hydrogen (secondary N) is 1. The number of esters is 1. The van der Waals surface area contributed by atoms with Crippen LogP contribution in [0.3, 0.4) is 0 Å². The SMILES string of the molecule is CNS(=O)(=O)c1ccc(Cl)c(C(=O)O[C@H](C)C(=O)N2CCCCCC2)c1. The normalized spacial score (nSPS) is 16.7. The van der Waals surface area contributed by atoms with Crippen molar-refractivity contribution in [3.8, 4) is 0 Å². The van der Waals surface area contributed by atoms with Crippen LogP contribution in [0.4, 0.5) is 0 Å². The van der Waals surface area contributed by atoms with Gasteiger partial charge in [0.1, 0.15) is 0 Å². The highest BCUT2D eigenvalue weighted by atomic mass is 35.5. The number of hydrogen-bond acceptors (Lipinski definition) is 5. The van der Waals surface area contributed by atoms with Crippen LogP contribution < -0.4 is 4.72 Å². The van der Waals surface area contributed by atoms with Gasteiger partial charge in [-0.05, 0) is 45.0 Å². The quantitative estimate of drug-likeness (QED) is 0.762. The number of sulfonamides is 1. The Bertz CT molecular complexity index is 773. The first-order chi connectivity index (χ1) is 12.3. The Morgan fingerprint density at radius 3 is 2.38 bits per heavy atom. The fourth-order valence-corrected chi connectivity index (χ4v) is 3.72. The Labute approximate surface area is 158 Å². The van der Waals surface area contributed by atoms with Crippen LogP contribution in [0, 0.1) is 0 Å². The number of nitrogens with zero attached hydrogens (tertiary/aromatic N) is 1. The molecule has 0 radical (unpaired) electrons. The summed E-state index contributed by atoms with van der Waals surface area (Å²) in [6.45, 7) is 2.81. The molecule has 1 aliphatic heterocycles. The lowest BCUT2D eigenvalue weighted by Gasteiger charge is -2.24. The minimum Gasteiger partial charge on any atom is -0.449 e. The topological polar surface area (TPSA) is 92.8 Å². The molecule has 1 amide bonds. The molecule has 7 nitrogen and oxygen atoms in total. The lowest BCUT2D eigenvalue weighted by atomic mass is 10.2. The van der Waals surface area contributed by atoms with Crippen molar-refractivity contribution in [3.63, 3.8) is 0 Å². The maximum Gasteiger partial charge on any atom is 0.340 e. The lowest BCUT2D eigenvalue weighted by Crippen LogP contribution is -2.40. The minimum absolute atomic E-state index is 0.0551. The van der Waals surface area contributed by atoms with Crippen molar-refractivity contribution in [2.24, 2.45) is 0 Å². The third-order valence-electron chi connectivity index (χ3n) is 4.29. The van der Waals surface area contributed by atoms with Gasteiger partial charge in [0.25, 0.3) is 5.91 Å². The van der Waals surface area contributed by atoms with Crippen molar-refractivity contribution in [2.45, 2.75) is 43.6 Å². The Morgan fingerprint density at radius 1 is 1.19 bits per heavy atom. The summed E-state index contributed by atoms with van der Waals surface area (Å²) in [6.07, 6.45) is 3.06. The summed E-state index contributed by atoms with van der Waals surface area (Å²) in [4.78, 5) is 26.5. The van der Waals surface area contributed by atoms with E-state index in [0.29, 0.717) is 13.1 Å². The third kappa shape index (κ3) is 4.96. The van der Waals surface area contributed by atoms with Gasteiger partial charge in [-0.3, -0.25) is 4.79 Å². The van der Waals surface area contributed by atoms with Gasteiger partial charge in [0.05, 0.1) is 15.5 Å². The summed E-state index contributed by atoms with van der Waals surface area (Å²) in [6, 6.07) is 3.74. The van der Waals surface area contributed by atoms with E-state index in [1.807, 2.05) is 0 Å². The van der Waals surface area contributed by atoms with Crippen LogP contribution in [0.2, 0.25) is 5.02 Å². The van der Waals surface area contributed by atoms with Gasteiger partial charge in [-0.1, -0.05) is 24.4 Å². The average molecular weight is 403 g/mol. The highest BCUT2D eigenvalue weighted by Gasteiger charge is 2.26. The van der Waals surface area contributed by atoms with Crippen LogP contribution in [0.15, 0.2) is 23.1 Å². The van der Waals surface area contributed by atoms with Crippen molar-refractivity contribution >= 4 is 33.5 Å². The minimum atomic E-state index is -3.73. The highest BCUT2D eigenvalue weighted by Crippen LogP contribution is 2.22. The Kier molecular flexibility index (Phi) is 7.02. The molecule has 1 saturated heterocycles. The third-order valence-corrected chi connectivity index (χ3v) is 6.03. The zero-order valence-corrected chi connectivity index (χ0v) is 16.4. The number of halogens is 1. The van der Waals surface area contributed by atoms with E-state index < -0.39 is 22.1 Å². The molecule has 1 atom stereocenters. The van der Waals surface area contributed by atoms with Crippen molar-refractivity contribution in [1.29, 1.82) is 0 Å². The summed E-state index contributed by atoms with van der Waals surface area (Å²) in [5.74, 6) is -1.09. The molecule has 0 aromatic heterocycles. The summed E-state index contributed by atoms with van der Waals surface area (Å²) in [5.41, 5.74) is -0.0986. The van der Waals surface area contributed by atoms with Crippen molar-refractivity contribution in [2.75, 3.05) is 20.1 Å². The van der Waals surface area contributed by atoms with E-state index in [-0.39, 0.29) is 21.4 Å². The summed E-state index contributed by atoms with van der Waals surface area (Å²) in [7, 11) is -2.46. The maximum absolute atomic E-state index is 12.5. The predicted molar refractivity (Wildman–Crippen MR) is 97.6 cm³/mol. The van der Waals surface area contributed by atoms with E-state index in [2.05, 4.69) is 4.72 Å². The molecular weight excluding hydrogens is 380 g/mol. The molecule has 1 heterocycles. The largest absolute Gasteiger partial charge is 0.449 e. The zero-order chi connectivity index (χ0) is 19.3. The molecular formula is C17H23ClN2O5S. The summed E-state index contributed by atoms with van der Waals surface area (Å²) < 4.78 is 31.2. The van der Waals surface area contributed by atoms with Crippen molar-refractivity contribution < 1.29 is 22.7 Å². The van der Waals surface area contributed by atoms with E-state index in [9.17, 15) is 18.0 Å². The molecule has 0 saturated carbocycles. The Morgan fingerprint density at radius 2 is 1.81 bits per heavy atom. The summed E-state index contributed by atoms with van der Waals surface area (Å²) in [5, 5.41) is 0.0551. The van der Waals surface area contributed by atoms with Crippen molar-refractivity contribution in [3.05, 3.63) is 28.8 Å². The van der Waals surface area contributed by atoms with E-state index >= 15 is 0 Å². The molecule has 26 heavy (non-hydrogen) atoms. The first kappa shape index (κ1) is 20.7. The lowest BCUT2D eigenvalue weighted by molar-refractivity contribution is -0.139. The number of ether oxygens (including phenoxy) is 1.